The second kappa shape index (κ2) is 11.2. The zero-order valence-corrected chi connectivity index (χ0v) is 17.9. The van der Waals surface area contributed by atoms with Gasteiger partial charge in [0.15, 0.2) is 11.5 Å². The average molecular weight is 407 g/mol. The molecule has 8 nitrogen and oxygen atoms in total. The molecule has 0 aliphatic carbocycles. The minimum Gasteiger partial charge on any atom is -0.425 e. The summed E-state index contributed by atoms with van der Waals surface area (Å²) in [6.07, 6.45) is 11.0. The molecular weight excluding hydrogens is 372 g/mol. The van der Waals surface area contributed by atoms with Crippen LogP contribution < -0.4 is 5.73 Å². The monoisotopic (exact) mass is 406 g/mol. The highest BCUT2D eigenvalue weighted by Gasteiger charge is 2.42. The van der Waals surface area contributed by atoms with Gasteiger partial charge >= 0.3 is 6.09 Å². The van der Waals surface area contributed by atoms with Crippen LogP contribution >= 0.6 is 0 Å². The van der Waals surface area contributed by atoms with Gasteiger partial charge in [0.1, 0.15) is 13.2 Å². The highest BCUT2D eigenvalue weighted by molar-refractivity contribution is 5.66. The van der Waals surface area contributed by atoms with Crippen LogP contribution in [-0.4, -0.2) is 45.7 Å². The number of aromatic nitrogens is 3. The van der Waals surface area contributed by atoms with Crippen LogP contribution in [0.5, 0.6) is 0 Å². The molecule has 0 spiro atoms. The summed E-state index contributed by atoms with van der Waals surface area (Å²) in [6, 6.07) is 0. The summed E-state index contributed by atoms with van der Waals surface area (Å²) in [4.78, 5) is 11.3. The number of nitrogens with zero attached hydrogens (tertiary/aromatic N) is 3. The van der Waals surface area contributed by atoms with Gasteiger partial charge in [0.2, 0.25) is 5.60 Å². The van der Waals surface area contributed by atoms with Gasteiger partial charge in [-0.15, -0.1) is 5.10 Å². The summed E-state index contributed by atoms with van der Waals surface area (Å²) in [7, 11) is 0. The summed E-state index contributed by atoms with van der Waals surface area (Å²) < 4.78 is 18.1. The molecule has 0 aromatic carbocycles. The number of nitrogens with two attached hydrogens (primary N) is 1. The molecule has 8 heteroatoms. The van der Waals surface area contributed by atoms with Crippen LogP contribution in [0.1, 0.15) is 77.8 Å². The number of primary amides is 1. The predicted octanol–water partition coefficient (Wildman–Crippen LogP) is 3.39. The molecule has 0 saturated carbocycles. The van der Waals surface area contributed by atoms with Gasteiger partial charge in [-0.1, -0.05) is 57.1 Å². The Morgan fingerprint density at radius 2 is 1.79 bits per heavy atom. The maximum absolute atomic E-state index is 11.3. The van der Waals surface area contributed by atoms with E-state index in [0.29, 0.717) is 5.69 Å². The van der Waals surface area contributed by atoms with Crippen LogP contribution in [0.15, 0.2) is 6.20 Å². The summed E-state index contributed by atoms with van der Waals surface area (Å²) in [5.41, 5.74) is 4.44. The third-order valence-electron chi connectivity index (χ3n) is 4.80. The van der Waals surface area contributed by atoms with E-state index in [0.717, 1.165) is 13.0 Å². The second-order valence-electron chi connectivity index (χ2n) is 7.98. The van der Waals surface area contributed by atoms with Crippen molar-refractivity contribution in [1.82, 2.24) is 15.0 Å². The van der Waals surface area contributed by atoms with E-state index in [4.69, 9.17) is 19.9 Å². The fourth-order valence-electron chi connectivity index (χ4n) is 3.06. The molecule has 2 heterocycles. The van der Waals surface area contributed by atoms with Gasteiger partial charge in [-0.2, -0.15) is 0 Å². The first-order valence-corrected chi connectivity index (χ1v) is 10.5. The molecule has 0 radical (unpaired) electrons. The molecule has 0 bridgehead atoms. The molecule has 2 rings (SSSR count). The topological polar surface area (TPSA) is 101 Å². The van der Waals surface area contributed by atoms with Crippen LogP contribution in [0.25, 0.3) is 0 Å². The molecule has 1 aromatic rings. The molecule has 162 valence electrons. The van der Waals surface area contributed by atoms with Crippen molar-refractivity contribution in [2.24, 2.45) is 5.73 Å². The van der Waals surface area contributed by atoms with E-state index in [1.165, 1.54) is 44.9 Å². The van der Waals surface area contributed by atoms with E-state index in [1.807, 2.05) is 0 Å². The summed E-state index contributed by atoms with van der Waals surface area (Å²) >= 11 is 0. The van der Waals surface area contributed by atoms with Crippen molar-refractivity contribution in [2.45, 2.75) is 90.1 Å². The standard InChI is InChI=1S/C21H34N4O4/c1-4-5-6-7-8-9-10-11-14-25-15-18(23-24-25)12-13-21(29-19(22)26)16-27-20(2,3)28-17-21/h15H,4-11,14,16-17H2,1-3H3,(H2,22,26). The average Bonchev–Trinajstić information content (AvgIpc) is 3.12. The number of hydrogen-bond donors (Lipinski definition) is 1. The molecule has 1 amide bonds. The molecule has 1 aromatic heterocycles. The zero-order valence-electron chi connectivity index (χ0n) is 17.9. The van der Waals surface area contributed by atoms with Crippen molar-refractivity contribution in [3.8, 4) is 11.8 Å². The maximum atomic E-state index is 11.3. The molecule has 2 N–H and O–H groups in total. The van der Waals surface area contributed by atoms with Crippen LogP contribution in [0.4, 0.5) is 4.79 Å². The second-order valence-corrected chi connectivity index (χ2v) is 7.98. The smallest absolute Gasteiger partial charge is 0.406 e. The molecule has 1 fully saturated rings. The Morgan fingerprint density at radius 1 is 1.17 bits per heavy atom. The Balaban J connectivity index is 1.82. The van der Waals surface area contributed by atoms with Crippen molar-refractivity contribution in [3.63, 3.8) is 0 Å². The lowest BCUT2D eigenvalue weighted by atomic mass is 10.1. The quantitative estimate of drug-likeness (QED) is 0.472. The SMILES string of the molecule is CCCCCCCCCCn1cc(C#CC2(OC(N)=O)COC(C)(C)OC2)nn1. The van der Waals surface area contributed by atoms with Gasteiger partial charge in [0.05, 0.1) is 6.20 Å². The summed E-state index contributed by atoms with van der Waals surface area (Å²) in [6.45, 7) is 6.76. The number of unbranched alkanes of at least 4 members (excludes halogenated alkanes) is 7. The van der Waals surface area contributed by atoms with Gasteiger partial charge in [-0.3, -0.25) is 4.68 Å². The van der Waals surface area contributed by atoms with Crippen LogP contribution in [-0.2, 0) is 20.8 Å². The summed E-state index contributed by atoms with van der Waals surface area (Å²) in [5, 5.41) is 8.19. The number of carbonyl (C=O) groups excluding carboxylic acids is 1. The maximum Gasteiger partial charge on any atom is 0.406 e. The highest BCUT2D eigenvalue weighted by atomic mass is 16.7. The number of hydrogen-bond acceptors (Lipinski definition) is 6. The normalized spacial score (nSPS) is 17.3. The minimum absolute atomic E-state index is 0.0718. The van der Waals surface area contributed by atoms with Gasteiger partial charge < -0.3 is 19.9 Å². The lowest BCUT2D eigenvalue weighted by Gasteiger charge is -2.39. The Labute approximate surface area is 173 Å². The number of amides is 1. The minimum atomic E-state index is -1.25. The van der Waals surface area contributed by atoms with E-state index in [2.05, 4.69) is 29.1 Å². The number of rotatable bonds is 10. The highest BCUT2D eigenvalue weighted by Crippen LogP contribution is 2.26. The zero-order chi connectivity index (χ0) is 21.2. The fraction of sp³-hybridized carbons (Fsp3) is 0.762. The third kappa shape index (κ3) is 8.42. The molecule has 0 atom stereocenters. The molecular formula is C21H34N4O4. The molecule has 1 saturated heterocycles. The van der Waals surface area contributed by atoms with Crippen molar-refractivity contribution < 1.29 is 19.0 Å². The number of ether oxygens (including phenoxy) is 3. The van der Waals surface area contributed by atoms with Crippen molar-refractivity contribution in [1.29, 1.82) is 0 Å². The van der Waals surface area contributed by atoms with Crippen molar-refractivity contribution in [3.05, 3.63) is 11.9 Å². The van der Waals surface area contributed by atoms with Crippen molar-refractivity contribution >= 4 is 6.09 Å². The summed E-state index contributed by atoms with van der Waals surface area (Å²) in [5.74, 6) is 5.04. The molecule has 1 aliphatic heterocycles. The lowest BCUT2D eigenvalue weighted by molar-refractivity contribution is -0.287. The first kappa shape index (κ1) is 23.2. The van der Waals surface area contributed by atoms with Crippen LogP contribution in [0.3, 0.4) is 0 Å². The van der Waals surface area contributed by atoms with Gasteiger partial charge in [-0.05, 0) is 32.1 Å². The van der Waals surface area contributed by atoms with E-state index in [9.17, 15) is 4.79 Å². The van der Waals surface area contributed by atoms with E-state index in [-0.39, 0.29) is 13.2 Å². The van der Waals surface area contributed by atoms with E-state index < -0.39 is 17.5 Å². The van der Waals surface area contributed by atoms with Gasteiger partial charge in [0, 0.05) is 6.54 Å². The number of aryl methyl sites for hydroxylation is 1. The fourth-order valence-corrected chi connectivity index (χ4v) is 3.06. The Morgan fingerprint density at radius 3 is 2.41 bits per heavy atom. The lowest BCUT2D eigenvalue weighted by Crippen LogP contribution is -2.53. The molecule has 1 aliphatic rings. The largest absolute Gasteiger partial charge is 0.425 e. The van der Waals surface area contributed by atoms with Gasteiger partial charge in [-0.25, -0.2) is 4.79 Å². The Bertz CT molecular complexity index is 695. The third-order valence-corrected chi connectivity index (χ3v) is 4.80. The van der Waals surface area contributed by atoms with E-state index >= 15 is 0 Å². The Kier molecular flexibility index (Phi) is 8.93. The van der Waals surface area contributed by atoms with E-state index in [1.54, 1.807) is 24.7 Å². The number of carbonyl (C=O) groups is 1. The van der Waals surface area contributed by atoms with Crippen LogP contribution in [0.2, 0.25) is 0 Å². The van der Waals surface area contributed by atoms with Crippen molar-refractivity contribution in [2.75, 3.05) is 13.2 Å². The molecule has 0 unspecified atom stereocenters. The Hall–Kier alpha value is -2.11. The van der Waals surface area contributed by atoms with Crippen LogP contribution in [0, 0.1) is 11.8 Å². The first-order chi connectivity index (χ1) is 13.8. The first-order valence-electron chi connectivity index (χ1n) is 10.5. The van der Waals surface area contributed by atoms with Gasteiger partial charge in [0.25, 0.3) is 0 Å². The molecule has 29 heavy (non-hydrogen) atoms. The predicted molar refractivity (Wildman–Crippen MR) is 109 cm³/mol.